The number of hydrogen-bond acceptors (Lipinski definition) is 3. The minimum atomic E-state index is -1.11. The number of allylic oxidation sites excluding steroid dienone is 1. The van der Waals surface area contributed by atoms with Crippen LogP contribution in [0.25, 0.3) is 0 Å². The van der Waals surface area contributed by atoms with Crippen molar-refractivity contribution < 1.29 is 19.4 Å². The van der Waals surface area contributed by atoms with Crippen LogP contribution in [0.2, 0.25) is 0 Å². The Balaban J connectivity index is 1.78. The lowest BCUT2D eigenvalue weighted by atomic mass is 9.93. The first-order valence-corrected chi connectivity index (χ1v) is 6.87. The number of aromatic carboxylic acids is 1. The van der Waals surface area contributed by atoms with E-state index in [2.05, 4.69) is 6.08 Å². The molecule has 1 N–H and O–H groups in total. The lowest BCUT2D eigenvalue weighted by Gasteiger charge is -2.24. The number of carbonyl (C=O) groups is 2. The molecule has 0 aliphatic heterocycles. The fourth-order valence-electron chi connectivity index (χ4n) is 3.12. The van der Waals surface area contributed by atoms with Crippen molar-refractivity contribution in [3.05, 3.63) is 47.5 Å². The summed E-state index contributed by atoms with van der Waals surface area (Å²) in [5, 5.41) is 9.10. The zero-order valence-corrected chi connectivity index (χ0v) is 11.0. The predicted octanol–water partition coefficient (Wildman–Crippen LogP) is 2.90. The number of rotatable bonds is 3. The van der Waals surface area contributed by atoms with Crippen molar-refractivity contribution in [1.29, 1.82) is 0 Å². The highest BCUT2D eigenvalue weighted by Gasteiger charge is 2.34. The van der Waals surface area contributed by atoms with E-state index in [1.807, 2.05) is 6.08 Å². The van der Waals surface area contributed by atoms with Crippen LogP contribution in [0.3, 0.4) is 0 Å². The summed E-state index contributed by atoms with van der Waals surface area (Å²) >= 11 is 0. The summed E-state index contributed by atoms with van der Waals surface area (Å²) in [5.41, 5.74) is 0.107. The molecule has 4 heteroatoms. The number of ether oxygens (including phenoxy) is 1. The van der Waals surface area contributed by atoms with Gasteiger partial charge in [0.05, 0.1) is 11.1 Å². The van der Waals surface area contributed by atoms with E-state index in [-0.39, 0.29) is 17.2 Å². The van der Waals surface area contributed by atoms with Crippen LogP contribution in [-0.2, 0) is 4.74 Å². The molecule has 0 spiro atoms. The SMILES string of the molecule is O=C(O)c1ccccc1C(=O)O[C@H]1C=C[C@H]2CC[C@@H]1C2. The maximum Gasteiger partial charge on any atom is 0.339 e. The van der Waals surface area contributed by atoms with Crippen molar-refractivity contribution >= 4 is 11.9 Å². The molecule has 0 saturated heterocycles. The van der Waals surface area contributed by atoms with Gasteiger partial charge in [-0.2, -0.15) is 0 Å². The molecule has 2 aliphatic carbocycles. The summed E-state index contributed by atoms with van der Waals surface area (Å²) in [6.45, 7) is 0. The third-order valence-electron chi connectivity index (χ3n) is 4.17. The van der Waals surface area contributed by atoms with Crippen molar-refractivity contribution in [3.8, 4) is 0 Å². The van der Waals surface area contributed by atoms with E-state index in [0.29, 0.717) is 11.8 Å². The van der Waals surface area contributed by atoms with Gasteiger partial charge in [-0.25, -0.2) is 9.59 Å². The molecule has 1 aromatic rings. The Kier molecular flexibility index (Phi) is 3.30. The Bertz CT molecular complexity index is 576. The molecular weight excluding hydrogens is 256 g/mol. The summed E-state index contributed by atoms with van der Waals surface area (Å²) in [4.78, 5) is 23.3. The van der Waals surface area contributed by atoms with Crippen molar-refractivity contribution in [1.82, 2.24) is 0 Å². The molecule has 2 bridgehead atoms. The smallest absolute Gasteiger partial charge is 0.339 e. The van der Waals surface area contributed by atoms with Crippen molar-refractivity contribution in [2.24, 2.45) is 11.8 Å². The van der Waals surface area contributed by atoms with Gasteiger partial charge in [-0.3, -0.25) is 0 Å². The van der Waals surface area contributed by atoms with Gasteiger partial charge in [0.15, 0.2) is 0 Å². The topological polar surface area (TPSA) is 63.6 Å². The molecule has 0 heterocycles. The Morgan fingerprint density at radius 1 is 1.10 bits per heavy atom. The quantitative estimate of drug-likeness (QED) is 0.678. The number of benzene rings is 1. The molecule has 0 radical (unpaired) electrons. The van der Waals surface area contributed by atoms with Gasteiger partial charge in [-0.15, -0.1) is 0 Å². The van der Waals surface area contributed by atoms with Crippen LogP contribution in [0.1, 0.15) is 40.0 Å². The van der Waals surface area contributed by atoms with Crippen molar-refractivity contribution in [2.75, 3.05) is 0 Å². The van der Waals surface area contributed by atoms with Gasteiger partial charge in [-0.05, 0) is 43.4 Å². The largest absolute Gasteiger partial charge is 0.478 e. The van der Waals surface area contributed by atoms with Crippen molar-refractivity contribution in [3.63, 3.8) is 0 Å². The molecule has 104 valence electrons. The molecule has 3 rings (SSSR count). The van der Waals surface area contributed by atoms with E-state index in [1.54, 1.807) is 12.1 Å². The van der Waals surface area contributed by atoms with Crippen LogP contribution >= 0.6 is 0 Å². The normalized spacial score (nSPS) is 27.3. The summed E-state index contributed by atoms with van der Waals surface area (Å²) < 4.78 is 5.51. The number of fused-ring (bicyclic) bond motifs is 2. The van der Waals surface area contributed by atoms with Gasteiger partial charge in [0.25, 0.3) is 0 Å². The first-order chi connectivity index (χ1) is 9.65. The van der Waals surface area contributed by atoms with Gasteiger partial charge < -0.3 is 9.84 Å². The van der Waals surface area contributed by atoms with E-state index in [1.165, 1.54) is 12.1 Å². The maximum absolute atomic E-state index is 12.2. The average Bonchev–Trinajstić information content (AvgIpc) is 2.84. The Labute approximate surface area is 117 Å². The predicted molar refractivity (Wildman–Crippen MR) is 72.6 cm³/mol. The molecule has 0 unspecified atom stereocenters. The van der Waals surface area contributed by atoms with E-state index < -0.39 is 11.9 Å². The second-order valence-electron chi connectivity index (χ2n) is 5.44. The Morgan fingerprint density at radius 3 is 2.60 bits per heavy atom. The molecule has 1 aromatic carbocycles. The lowest BCUT2D eigenvalue weighted by Crippen LogP contribution is -2.26. The molecule has 20 heavy (non-hydrogen) atoms. The molecule has 4 nitrogen and oxygen atoms in total. The summed E-state index contributed by atoms with van der Waals surface area (Å²) in [5.74, 6) is -0.659. The van der Waals surface area contributed by atoms with Crippen LogP contribution in [0.4, 0.5) is 0 Å². The molecule has 3 atom stereocenters. The average molecular weight is 272 g/mol. The standard InChI is InChI=1S/C16H16O4/c17-15(18)12-3-1-2-4-13(12)16(19)20-14-8-6-10-5-7-11(14)9-10/h1-4,6,8,10-11,14H,5,7,9H2,(H,17,18)/t10-,11-,14+/m1/s1. The number of esters is 1. The van der Waals surface area contributed by atoms with Crippen LogP contribution < -0.4 is 0 Å². The third-order valence-corrected chi connectivity index (χ3v) is 4.17. The number of hydrogen-bond donors (Lipinski definition) is 1. The summed E-state index contributed by atoms with van der Waals surface area (Å²) in [7, 11) is 0. The monoisotopic (exact) mass is 272 g/mol. The van der Waals surface area contributed by atoms with Crippen LogP contribution in [0.15, 0.2) is 36.4 Å². The molecule has 1 saturated carbocycles. The van der Waals surface area contributed by atoms with Crippen molar-refractivity contribution in [2.45, 2.75) is 25.4 Å². The maximum atomic E-state index is 12.2. The highest BCUT2D eigenvalue weighted by atomic mass is 16.5. The summed E-state index contributed by atoms with van der Waals surface area (Å²) in [6.07, 6.45) is 7.13. The number of carbonyl (C=O) groups excluding carboxylic acids is 1. The van der Waals surface area contributed by atoms with E-state index in [9.17, 15) is 9.59 Å². The van der Waals surface area contributed by atoms with Gasteiger partial charge >= 0.3 is 11.9 Å². The van der Waals surface area contributed by atoms with Gasteiger partial charge in [0.2, 0.25) is 0 Å². The van der Waals surface area contributed by atoms with E-state index in [4.69, 9.17) is 9.84 Å². The molecule has 0 amide bonds. The Hall–Kier alpha value is -2.10. The van der Waals surface area contributed by atoms with Gasteiger partial charge in [-0.1, -0.05) is 18.2 Å². The zero-order chi connectivity index (χ0) is 14.1. The number of carboxylic acids is 1. The highest BCUT2D eigenvalue weighted by molar-refractivity contribution is 6.02. The first-order valence-electron chi connectivity index (χ1n) is 6.87. The molecule has 2 aliphatic rings. The summed E-state index contributed by atoms with van der Waals surface area (Å²) in [6, 6.07) is 6.16. The first kappa shape index (κ1) is 12.9. The fraction of sp³-hybridized carbons (Fsp3) is 0.375. The second kappa shape index (κ2) is 5.12. The van der Waals surface area contributed by atoms with E-state index >= 15 is 0 Å². The highest BCUT2D eigenvalue weighted by Crippen LogP contribution is 2.39. The minimum absolute atomic E-state index is 0.0124. The lowest BCUT2D eigenvalue weighted by molar-refractivity contribution is 0.0262. The minimum Gasteiger partial charge on any atom is -0.478 e. The van der Waals surface area contributed by atoms with Crippen LogP contribution in [-0.4, -0.2) is 23.1 Å². The van der Waals surface area contributed by atoms with Gasteiger partial charge in [0.1, 0.15) is 6.10 Å². The Morgan fingerprint density at radius 2 is 1.85 bits per heavy atom. The molecule has 1 fully saturated rings. The second-order valence-corrected chi connectivity index (χ2v) is 5.44. The van der Waals surface area contributed by atoms with Crippen LogP contribution in [0.5, 0.6) is 0 Å². The van der Waals surface area contributed by atoms with Gasteiger partial charge in [0, 0.05) is 5.92 Å². The number of carboxylic acid groups (broad SMARTS) is 1. The zero-order valence-electron chi connectivity index (χ0n) is 11.0. The van der Waals surface area contributed by atoms with E-state index in [0.717, 1.165) is 19.3 Å². The molecule has 0 aromatic heterocycles. The third kappa shape index (κ3) is 2.33. The fourth-order valence-corrected chi connectivity index (χ4v) is 3.12. The molecular formula is C16H16O4. The van der Waals surface area contributed by atoms with Crippen LogP contribution in [0, 0.1) is 11.8 Å².